The summed E-state index contributed by atoms with van der Waals surface area (Å²) in [6, 6.07) is 17.3. The molecule has 2 unspecified atom stereocenters. The van der Waals surface area contributed by atoms with E-state index in [1.54, 1.807) is 0 Å². The van der Waals surface area contributed by atoms with E-state index < -0.39 is 0 Å². The maximum Gasteiger partial charge on any atom is 0.0444 e. The summed E-state index contributed by atoms with van der Waals surface area (Å²) in [5.41, 5.74) is 3.94. The van der Waals surface area contributed by atoms with Gasteiger partial charge in [0.25, 0.3) is 0 Å². The van der Waals surface area contributed by atoms with Gasteiger partial charge in [0, 0.05) is 17.3 Å². The maximum absolute atomic E-state index is 4.81. The molecule has 0 radical (unpaired) electrons. The van der Waals surface area contributed by atoms with Gasteiger partial charge in [0.2, 0.25) is 0 Å². The number of hydrogen-bond acceptors (Lipinski definition) is 1. The van der Waals surface area contributed by atoms with Gasteiger partial charge >= 0.3 is 0 Å². The van der Waals surface area contributed by atoms with Crippen LogP contribution in [-0.4, -0.2) is 4.98 Å². The minimum atomic E-state index is 0.513. The summed E-state index contributed by atoms with van der Waals surface area (Å²) in [5, 5.41) is 0. The molecule has 1 heteroatoms. The first-order valence-corrected chi connectivity index (χ1v) is 6.77. The molecule has 0 amide bonds. The van der Waals surface area contributed by atoms with Gasteiger partial charge in [0.05, 0.1) is 0 Å². The lowest BCUT2D eigenvalue weighted by Crippen LogP contribution is -1.96. The van der Waals surface area contributed by atoms with Gasteiger partial charge in [-0.2, -0.15) is 0 Å². The Morgan fingerprint density at radius 2 is 1.72 bits per heavy atom. The average molecular weight is 237 g/mol. The molecule has 0 spiro atoms. The summed E-state index contributed by atoms with van der Waals surface area (Å²) >= 11 is 0. The molecule has 0 aliphatic heterocycles. The highest BCUT2D eigenvalue weighted by atomic mass is 14.7. The second-order valence-electron chi connectivity index (χ2n) is 5.50. The van der Waals surface area contributed by atoms with Crippen molar-refractivity contribution in [1.29, 1.82) is 0 Å². The SMILES string of the molecule is CC(C)c1cccc(C2CC2c2ccccc2)n1. The van der Waals surface area contributed by atoms with Gasteiger partial charge < -0.3 is 0 Å². The first-order chi connectivity index (χ1) is 8.75. The van der Waals surface area contributed by atoms with Crippen molar-refractivity contribution in [2.24, 2.45) is 0 Å². The van der Waals surface area contributed by atoms with Crippen molar-refractivity contribution in [2.45, 2.75) is 38.0 Å². The fourth-order valence-corrected chi connectivity index (χ4v) is 2.59. The van der Waals surface area contributed by atoms with Gasteiger partial charge in [-0.15, -0.1) is 0 Å². The van der Waals surface area contributed by atoms with Crippen LogP contribution in [0.25, 0.3) is 0 Å². The van der Waals surface area contributed by atoms with Crippen molar-refractivity contribution in [1.82, 2.24) is 4.98 Å². The van der Waals surface area contributed by atoms with Crippen LogP contribution in [-0.2, 0) is 0 Å². The molecule has 1 aromatic carbocycles. The number of benzene rings is 1. The summed E-state index contributed by atoms with van der Waals surface area (Å²) in [7, 11) is 0. The zero-order chi connectivity index (χ0) is 12.5. The summed E-state index contributed by atoms with van der Waals surface area (Å²) in [6.07, 6.45) is 1.25. The van der Waals surface area contributed by atoms with Gasteiger partial charge in [-0.3, -0.25) is 4.98 Å². The first kappa shape index (κ1) is 11.5. The summed E-state index contributed by atoms with van der Waals surface area (Å²) in [4.78, 5) is 4.81. The van der Waals surface area contributed by atoms with Crippen LogP contribution < -0.4 is 0 Å². The van der Waals surface area contributed by atoms with Gasteiger partial charge in [-0.1, -0.05) is 50.2 Å². The van der Waals surface area contributed by atoms with E-state index in [0.29, 0.717) is 17.8 Å². The second kappa shape index (κ2) is 4.56. The van der Waals surface area contributed by atoms with Crippen molar-refractivity contribution >= 4 is 0 Å². The quantitative estimate of drug-likeness (QED) is 0.767. The molecule has 1 aliphatic rings. The average Bonchev–Trinajstić information content (AvgIpc) is 3.20. The third kappa shape index (κ3) is 2.17. The Morgan fingerprint density at radius 3 is 2.44 bits per heavy atom. The second-order valence-corrected chi connectivity index (χ2v) is 5.50. The van der Waals surface area contributed by atoms with Crippen LogP contribution in [0.15, 0.2) is 48.5 Å². The van der Waals surface area contributed by atoms with E-state index in [2.05, 4.69) is 62.4 Å². The van der Waals surface area contributed by atoms with Gasteiger partial charge in [-0.25, -0.2) is 0 Å². The molecule has 2 atom stereocenters. The molecule has 1 heterocycles. The monoisotopic (exact) mass is 237 g/mol. The zero-order valence-electron chi connectivity index (χ0n) is 11.0. The van der Waals surface area contributed by atoms with E-state index in [9.17, 15) is 0 Å². The molecule has 1 aromatic heterocycles. The lowest BCUT2D eigenvalue weighted by molar-refractivity contribution is 0.801. The maximum atomic E-state index is 4.81. The Balaban J connectivity index is 1.80. The van der Waals surface area contributed by atoms with Crippen LogP contribution in [0.1, 0.15) is 55.0 Å². The van der Waals surface area contributed by atoms with Crippen molar-refractivity contribution in [3.63, 3.8) is 0 Å². The Bertz CT molecular complexity index is 530. The van der Waals surface area contributed by atoms with E-state index in [1.807, 2.05) is 0 Å². The van der Waals surface area contributed by atoms with Crippen molar-refractivity contribution in [3.05, 3.63) is 65.5 Å². The van der Waals surface area contributed by atoms with E-state index in [1.165, 1.54) is 23.4 Å². The van der Waals surface area contributed by atoms with E-state index >= 15 is 0 Å². The number of aromatic nitrogens is 1. The molecule has 18 heavy (non-hydrogen) atoms. The normalized spacial score (nSPS) is 22.2. The number of hydrogen-bond donors (Lipinski definition) is 0. The minimum absolute atomic E-state index is 0.513. The van der Waals surface area contributed by atoms with Crippen LogP contribution in [0.3, 0.4) is 0 Å². The lowest BCUT2D eigenvalue weighted by Gasteiger charge is -2.07. The highest BCUT2D eigenvalue weighted by Gasteiger charge is 2.40. The van der Waals surface area contributed by atoms with Crippen molar-refractivity contribution in [3.8, 4) is 0 Å². The van der Waals surface area contributed by atoms with E-state index in [4.69, 9.17) is 4.98 Å². The molecule has 0 bridgehead atoms. The highest BCUT2D eigenvalue weighted by molar-refractivity contribution is 5.33. The molecule has 2 aromatic rings. The molecule has 1 nitrogen and oxygen atoms in total. The predicted molar refractivity (Wildman–Crippen MR) is 74.9 cm³/mol. The number of nitrogens with zero attached hydrogens (tertiary/aromatic N) is 1. The molecule has 3 rings (SSSR count). The standard InChI is InChI=1S/C17H19N/c1-12(2)16-9-6-10-17(18-16)15-11-14(15)13-7-4-3-5-8-13/h3-10,12,14-15H,11H2,1-2H3. The van der Waals surface area contributed by atoms with Crippen molar-refractivity contribution in [2.75, 3.05) is 0 Å². The lowest BCUT2D eigenvalue weighted by atomic mass is 10.1. The van der Waals surface area contributed by atoms with Gasteiger partial charge in [0.1, 0.15) is 0 Å². The van der Waals surface area contributed by atoms with Gasteiger partial charge in [-0.05, 0) is 36.0 Å². The molecule has 0 saturated heterocycles. The summed E-state index contributed by atoms with van der Waals surface area (Å²) in [5.74, 6) is 1.83. The summed E-state index contributed by atoms with van der Waals surface area (Å²) < 4.78 is 0. The Kier molecular flexibility index (Phi) is 2.91. The fraction of sp³-hybridized carbons (Fsp3) is 0.353. The smallest absolute Gasteiger partial charge is 0.0444 e. The predicted octanol–water partition coefficient (Wildman–Crippen LogP) is 4.48. The molecule has 1 fully saturated rings. The minimum Gasteiger partial charge on any atom is -0.257 e. The van der Waals surface area contributed by atoms with Crippen LogP contribution in [0.2, 0.25) is 0 Å². The largest absolute Gasteiger partial charge is 0.257 e. The number of rotatable bonds is 3. The molecule has 92 valence electrons. The molecule has 0 N–H and O–H groups in total. The third-order valence-electron chi connectivity index (χ3n) is 3.78. The molecule has 1 aliphatic carbocycles. The Hall–Kier alpha value is -1.63. The highest BCUT2D eigenvalue weighted by Crippen LogP contribution is 2.53. The summed E-state index contributed by atoms with van der Waals surface area (Å²) in [6.45, 7) is 4.40. The van der Waals surface area contributed by atoms with Crippen LogP contribution >= 0.6 is 0 Å². The molecule has 1 saturated carbocycles. The van der Waals surface area contributed by atoms with Crippen LogP contribution in [0.5, 0.6) is 0 Å². The van der Waals surface area contributed by atoms with Gasteiger partial charge in [0.15, 0.2) is 0 Å². The van der Waals surface area contributed by atoms with Crippen LogP contribution in [0.4, 0.5) is 0 Å². The van der Waals surface area contributed by atoms with E-state index in [0.717, 1.165) is 0 Å². The Morgan fingerprint density at radius 1 is 0.944 bits per heavy atom. The fourth-order valence-electron chi connectivity index (χ4n) is 2.59. The number of pyridine rings is 1. The van der Waals surface area contributed by atoms with Crippen LogP contribution in [0, 0.1) is 0 Å². The molecular formula is C17H19N. The van der Waals surface area contributed by atoms with Crippen molar-refractivity contribution < 1.29 is 0 Å². The zero-order valence-corrected chi connectivity index (χ0v) is 11.0. The Labute approximate surface area is 109 Å². The first-order valence-electron chi connectivity index (χ1n) is 6.77. The third-order valence-corrected chi connectivity index (χ3v) is 3.78. The topological polar surface area (TPSA) is 12.9 Å². The van der Waals surface area contributed by atoms with E-state index in [-0.39, 0.29) is 0 Å². The molecular weight excluding hydrogens is 218 g/mol.